The van der Waals surface area contributed by atoms with Gasteiger partial charge in [-0.25, -0.2) is 0 Å². The molecule has 2 unspecified atom stereocenters. The van der Waals surface area contributed by atoms with E-state index in [-0.39, 0.29) is 36.8 Å². The average molecular weight is 326 g/mol. The van der Waals surface area contributed by atoms with Gasteiger partial charge in [-0.15, -0.1) is 24.8 Å². The minimum atomic E-state index is 0. The van der Waals surface area contributed by atoms with Gasteiger partial charge >= 0.3 is 0 Å². The molecule has 1 amide bonds. The molecule has 20 heavy (non-hydrogen) atoms. The molecule has 0 aromatic carbocycles. The van der Waals surface area contributed by atoms with E-state index in [4.69, 9.17) is 4.74 Å². The highest BCUT2D eigenvalue weighted by atomic mass is 35.5. The van der Waals surface area contributed by atoms with E-state index >= 15 is 0 Å². The molecule has 3 rings (SSSR count). The average Bonchev–Trinajstić information content (AvgIpc) is 2.87. The molecule has 7 heteroatoms. The van der Waals surface area contributed by atoms with Crippen molar-refractivity contribution in [3.63, 3.8) is 0 Å². The van der Waals surface area contributed by atoms with Gasteiger partial charge < -0.3 is 15.0 Å². The maximum atomic E-state index is 12.3. The fourth-order valence-electron chi connectivity index (χ4n) is 3.29. The molecule has 1 N–H and O–H groups in total. The van der Waals surface area contributed by atoms with Crippen LogP contribution >= 0.6 is 24.8 Å². The normalized spacial score (nSPS) is 30.1. The van der Waals surface area contributed by atoms with Crippen LogP contribution in [0.4, 0.5) is 0 Å². The lowest BCUT2D eigenvalue weighted by Crippen LogP contribution is -2.53. The van der Waals surface area contributed by atoms with Gasteiger partial charge in [0.2, 0.25) is 5.91 Å². The van der Waals surface area contributed by atoms with E-state index in [0.29, 0.717) is 12.5 Å². The predicted molar refractivity (Wildman–Crippen MR) is 82.9 cm³/mol. The van der Waals surface area contributed by atoms with Gasteiger partial charge in [-0.1, -0.05) is 0 Å². The van der Waals surface area contributed by atoms with Crippen LogP contribution in [0.1, 0.15) is 19.3 Å². The standard InChI is InChI=1S/C13H23N3O2.2ClH/c17-13(8-12-9-14-3-7-18-12)16-6-5-15-4-1-2-11(15)10-16;;/h11-12,14H,1-10H2;2*1H. The van der Waals surface area contributed by atoms with E-state index in [1.165, 1.54) is 19.4 Å². The minimum absolute atomic E-state index is 0. The zero-order valence-corrected chi connectivity index (χ0v) is 13.4. The van der Waals surface area contributed by atoms with E-state index in [1.807, 2.05) is 4.90 Å². The number of hydrogen-bond donors (Lipinski definition) is 1. The van der Waals surface area contributed by atoms with E-state index in [0.717, 1.165) is 39.3 Å². The second-order valence-corrected chi connectivity index (χ2v) is 5.57. The lowest BCUT2D eigenvalue weighted by atomic mass is 10.1. The Kier molecular flexibility index (Phi) is 7.54. The number of halogens is 2. The molecule has 3 saturated heterocycles. The molecule has 3 heterocycles. The molecule has 2 atom stereocenters. The Labute approximate surface area is 133 Å². The summed E-state index contributed by atoms with van der Waals surface area (Å²) < 4.78 is 5.61. The molecule has 118 valence electrons. The number of carbonyl (C=O) groups is 1. The van der Waals surface area contributed by atoms with Crippen molar-refractivity contribution in [2.75, 3.05) is 45.9 Å². The van der Waals surface area contributed by atoms with Gasteiger partial charge in [-0.05, 0) is 19.4 Å². The first-order valence-corrected chi connectivity index (χ1v) is 7.17. The lowest BCUT2D eigenvalue weighted by molar-refractivity contribution is -0.137. The molecule has 0 aromatic rings. The molecule has 5 nitrogen and oxygen atoms in total. The molecule has 0 aliphatic carbocycles. The number of ether oxygens (including phenoxy) is 1. The van der Waals surface area contributed by atoms with Crippen molar-refractivity contribution in [3.05, 3.63) is 0 Å². The maximum Gasteiger partial charge on any atom is 0.225 e. The van der Waals surface area contributed by atoms with Crippen molar-refractivity contribution >= 4 is 30.7 Å². The zero-order chi connectivity index (χ0) is 12.4. The summed E-state index contributed by atoms with van der Waals surface area (Å²) in [6.07, 6.45) is 3.17. The highest BCUT2D eigenvalue weighted by Gasteiger charge is 2.33. The predicted octanol–water partition coefficient (Wildman–Crippen LogP) is 0.515. The summed E-state index contributed by atoms with van der Waals surface area (Å²) in [6.45, 7) is 6.56. The third-order valence-electron chi connectivity index (χ3n) is 4.35. The third-order valence-corrected chi connectivity index (χ3v) is 4.35. The highest BCUT2D eigenvalue weighted by Crippen LogP contribution is 2.22. The molecular weight excluding hydrogens is 301 g/mol. The van der Waals surface area contributed by atoms with Crippen LogP contribution in [0.5, 0.6) is 0 Å². The SMILES string of the molecule is Cl.Cl.O=C(CC1CNCCO1)N1CCN2CCCC2C1. The molecule has 0 spiro atoms. The van der Waals surface area contributed by atoms with Gasteiger partial charge in [0, 0.05) is 38.8 Å². The lowest BCUT2D eigenvalue weighted by Gasteiger charge is -2.38. The number of amides is 1. The fraction of sp³-hybridized carbons (Fsp3) is 0.923. The fourth-order valence-corrected chi connectivity index (χ4v) is 3.29. The molecule has 3 aliphatic rings. The van der Waals surface area contributed by atoms with Gasteiger partial charge in [0.05, 0.1) is 19.1 Å². The highest BCUT2D eigenvalue weighted by molar-refractivity contribution is 5.85. The number of morpholine rings is 1. The number of nitrogens with one attached hydrogen (secondary N) is 1. The van der Waals surface area contributed by atoms with Gasteiger partial charge in [0.1, 0.15) is 0 Å². The number of fused-ring (bicyclic) bond motifs is 1. The second kappa shape index (κ2) is 8.39. The first-order chi connectivity index (χ1) is 8.83. The summed E-state index contributed by atoms with van der Waals surface area (Å²) in [6, 6.07) is 0.619. The first kappa shape index (κ1) is 18.0. The van der Waals surface area contributed by atoms with Crippen LogP contribution in [-0.4, -0.2) is 73.7 Å². The van der Waals surface area contributed by atoms with Crippen molar-refractivity contribution in [3.8, 4) is 0 Å². The minimum Gasteiger partial charge on any atom is -0.375 e. The van der Waals surface area contributed by atoms with Gasteiger partial charge in [0.15, 0.2) is 0 Å². The van der Waals surface area contributed by atoms with Crippen molar-refractivity contribution in [1.82, 2.24) is 15.1 Å². The Morgan fingerprint density at radius 2 is 2.10 bits per heavy atom. The molecular formula is C13H25Cl2N3O2. The summed E-state index contributed by atoms with van der Waals surface area (Å²) in [7, 11) is 0. The van der Waals surface area contributed by atoms with Crippen LogP contribution in [0.3, 0.4) is 0 Å². The Morgan fingerprint density at radius 1 is 1.25 bits per heavy atom. The quantitative estimate of drug-likeness (QED) is 0.803. The monoisotopic (exact) mass is 325 g/mol. The van der Waals surface area contributed by atoms with Crippen LogP contribution < -0.4 is 5.32 Å². The van der Waals surface area contributed by atoms with Crippen LogP contribution in [0.25, 0.3) is 0 Å². The number of carbonyl (C=O) groups excluding carboxylic acids is 1. The third kappa shape index (κ3) is 4.21. The summed E-state index contributed by atoms with van der Waals surface area (Å²) >= 11 is 0. The molecule has 3 aliphatic heterocycles. The van der Waals surface area contributed by atoms with Crippen LogP contribution in [0, 0.1) is 0 Å². The van der Waals surface area contributed by atoms with E-state index in [2.05, 4.69) is 10.2 Å². The van der Waals surface area contributed by atoms with E-state index < -0.39 is 0 Å². The smallest absolute Gasteiger partial charge is 0.225 e. The Balaban J connectivity index is 0.000001000. The van der Waals surface area contributed by atoms with Crippen molar-refractivity contribution in [2.45, 2.75) is 31.4 Å². The number of piperazine rings is 1. The van der Waals surface area contributed by atoms with Gasteiger partial charge in [-0.2, -0.15) is 0 Å². The summed E-state index contributed by atoms with van der Waals surface area (Å²) in [5.74, 6) is 0.273. The van der Waals surface area contributed by atoms with Crippen LogP contribution in [0.2, 0.25) is 0 Å². The Hall–Kier alpha value is -0.0700. The van der Waals surface area contributed by atoms with E-state index in [1.54, 1.807) is 0 Å². The second-order valence-electron chi connectivity index (χ2n) is 5.57. The zero-order valence-electron chi connectivity index (χ0n) is 11.8. The Morgan fingerprint density at radius 3 is 2.85 bits per heavy atom. The van der Waals surface area contributed by atoms with Gasteiger partial charge in [-0.3, -0.25) is 9.69 Å². The van der Waals surface area contributed by atoms with Crippen molar-refractivity contribution < 1.29 is 9.53 Å². The summed E-state index contributed by atoms with van der Waals surface area (Å²) in [5, 5.41) is 3.28. The van der Waals surface area contributed by atoms with Crippen LogP contribution in [-0.2, 0) is 9.53 Å². The maximum absolute atomic E-state index is 12.3. The molecule has 0 radical (unpaired) electrons. The van der Waals surface area contributed by atoms with E-state index in [9.17, 15) is 4.79 Å². The van der Waals surface area contributed by atoms with Gasteiger partial charge in [0.25, 0.3) is 0 Å². The van der Waals surface area contributed by atoms with Crippen LogP contribution in [0.15, 0.2) is 0 Å². The van der Waals surface area contributed by atoms with Crippen molar-refractivity contribution in [2.24, 2.45) is 0 Å². The van der Waals surface area contributed by atoms with Crippen molar-refractivity contribution in [1.29, 1.82) is 0 Å². The first-order valence-electron chi connectivity index (χ1n) is 7.17. The summed E-state index contributed by atoms with van der Waals surface area (Å²) in [5.41, 5.74) is 0. The molecule has 0 bridgehead atoms. The largest absolute Gasteiger partial charge is 0.375 e. The molecule has 3 fully saturated rings. The number of rotatable bonds is 2. The number of nitrogens with zero attached hydrogens (tertiary/aromatic N) is 2. The Bertz CT molecular complexity index is 314. The number of hydrogen-bond acceptors (Lipinski definition) is 4. The molecule has 0 aromatic heterocycles. The molecule has 0 saturated carbocycles. The summed E-state index contributed by atoms with van der Waals surface area (Å²) in [4.78, 5) is 16.8. The topological polar surface area (TPSA) is 44.8 Å².